The summed E-state index contributed by atoms with van der Waals surface area (Å²) in [6.45, 7) is 10.00. The van der Waals surface area contributed by atoms with E-state index < -0.39 is 0 Å². The molecule has 2 fully saturated rings. The Morgan fingerprint density at radius 2 is 2.06 bits per heavy atom. The molecule has 2 unspecified atom stereocenters. The van der Waals surface area contributed by atoms with Crippen molar-refractivity contribution in [1.29, 1.82) is 0 Å². The minimum atomic E-state index is 0.549. The molecule has 5 heteroatoms. The van der Waals surface area contributed by atoms with Gasteiger partial charge < -0.3 is 15.5 Å². The third kappa shape index (κ3) is 2.93. The van der Waals surface area contributed by atoms with Crippen LogP contribution in [0, 0.1) is 0 Å². The first-order chi connectivity index (χ1) is 7.73. The first-order valence-corrected chi connectivity index (χ1v) is 6.45. The van der Waals surface area contributed by atoms with E-state index in [0.29, 0.717) is 6.17 Å². The number of nitrogens with zero attached hydrogens (tertiary/aromatic N) is 2. The average Bonchev–Trinajstić information content (AvgIpc) is 2.30. The third-order valence-electron chi connectivity index (χ3n) is 3.91. The van der Waals surface area contributed by atoms with Crippen molar-refractivity contribution < 1.29 is 4.48 Å². The van der Waals surface area contributed by atoms with Gasteiger partial charge in [-0.05, 0) is 0 Å². The van der Waals surface area contributed by atoms with Gasteiger partial charge in [-0.1, -0.05) is 0 Å². The molecule has 2 aliphatic rings. The topological polar surface area (TPSA) is 53.3 Å². The van der Waals surface area contributed by atoms with Crippen LogP contribution in [-0.2, 0) is 0 Å². The fraction of sp³-hybridized carbons (Fsp3) is 1.00. The first kappa shape index (κ1) is 12.3. The van der Waals surface area contributed by atoms with E-state index in [1.54, 1.807) is 0 Å². The number of likely N-dealkylation sites (N-methyl/N-ethyl adjacent to an activating group) is 1. The Balaban J connectivity index is 1.90. The Bertz CT molecular complexity index is 212. The number of hydrogen-bond acceptors (Lipinski definition) is 4. The van der Waals surface area contributed by atoms with E-state index in [1.807, 2.05) is 0 Å². The van der Waals surface area contributed by atoms with Crippen LogP contribution in [0.25, 0.3) is 0 Å². The summed E-state index contributed by atoms with van der Waals surface area (Å²) in [4.78, 5) is 2.57. The van der Waals surface area contributed by atoms with Gasteiger partial charge in [0.25, 0.3) is 0 Å². The van der Waals surface area contributed by atoms with Crippen molar-refractivity contribution >= 4 is 0 Å². The molecule has 2 atom stereocenters. The minimum Gasteiger partial charge on any atom is -0.326 e. The second-order valence-corrected chi connectivity index (χ2v) is 5.29. The Morgan fingerprint density at radius 3 is 2.75 bits per heavy atom. The fourth-order valence-corrected chi connectivity index (χ4v) is 2.83. The number of hydrogen-bond donors (Lipinski definition) is 3. The van der Waals surface area contributed by atoms with Crippen molar-refractivity contribution in [3.8, 4) is 0 Å². The highest BCUT2D eigenvalue weighted by Gasteiger charge is 2.33. The summed E-state index contributed by atoms with van der Waals surface area (Å²) in [6.07, 6.45) is 0.549. The molecule has 0 aromatic rings. The third-order valence-corrected chi connectivity index (χ3v) is 3.91. The van der Waals surface area contributed by atoms with Crippen LogP contribution in [-0.4, -0.2) is 81.5 Å². The second kappa shape index (κ2) is 5.42. The summed E-state index contributed by atoms with van der Waals surface area (Å²) in [7, 11) is 2.34. The van der Waals surface area contributed by atoms with Crippen molar-refractivity contribution in [2.75, 3.05) is 66.0 Å². The number of quaternary nitrogens is 1. The molecule has 0 spiro atoms. The summed E-state index contributed by atoms with van der Waals surface area (Å²) < 4.78 is 1.12. The molecule has 0 saturated carbocycles. The van der Waals surface area contributed by atoms with Gasteiger partial charge in [0.05, 0.1) is 20.1 Å². The molecule has 2 saturated heterocycles. The van der Waals surface area contributed by atoms with E-state index in [0.717, 1.165) is 37.2 Å². The molecule has 0 aliphatic carbocycles. The fourth-order valence-electron chi connectivity index (χ4n) is 2.83. The largest absolute Gasteiger partial charge is 0.326 e. The van der Waals surface area contributed by atoms with E-state index in [2.05, 4.69) is 22.6 Å². The maximum Gasteiger partial charge on any atom is 0.111 e. The zero-order chi connectivity index (χ0) is 11.4. The van der Waals surface area contributed by atoms with E-state index in [1.165, 1.54) is 26.2 Å². The van der Waals surface area contributed by atoms with Gasteiger partial charge in [0.15, 0.2) is 0 Å². The molecule has 0 aromatic heterocycles. The van der Waals surface area contributed by atoms with Crippen LogP contribution >= 0.6 is 0 Å². The summed E-state index contributed by atoms with van der Waals surface area (Å²) >= 11 is 0. The lowest BCUT2D eigenvalue weighted by atomic mass is 10.2. The van der Waals surface area contributed by atoms with Gasteiger partial charge in [-0.25, -0.2) is 0 Å². The molecule has 0 bridgehead atoms. The maximum atomic E-state index is 5.71. The Labute approximate surface area is 98.5 Å². The molecule has 2 rings (SSSR count). The molecule has 0 amide bonds. The van der Waals surface area contributed by atoms with Crippen LogP contribution in [0.4, 0.5) is 0 Å². The Morgan fingerprint density at radius 1 is 1.31 bits per heavy atom. The molecule has 0 radical (unpaired) electrons. The summed E-state index contributed by atoms with van der Waals surface area (Å²) in [6, 6.07) is 0. The van der Waals surface area contributed by atoms with Crippen LogP contribution in [0.3, 0.4) is 0 Å². The summed E-state index contributed by atoms with van der Waals surface area (Å²) in [5.41, 5.74) is 5.71. The highest BCUT2D eigenvalue weighted by Crippen LogP contribution is 2.11. The quantitative estimate of drug-likeness (QED) is 0.500. The normalized spacial score (nSPS) is 37.5. The van der Waals surface area contributed by atoms with Crippen molar-refractivity contribution in [2.45, 2.75) is 6.17 Å². The van der Waals surface area contributed by atoms with Gasteiger partial charge in [-0.3, -0.25) is 10.2 Å². The van der Waals surface area contributed by atoms with Crippen LogP contribution in [0.5, 0.6) is 0 Å². The molecule has 94 valence electrons. The average molecular weight is 228 g/mol. The van der Waals surface area contributed by atoms with Crippen molar-refractivity contribution in [2.24, 2.45) is 5.73 Å². The van der Waals surface area contributed by atoms with Gasteiger partial charge >= 0.3 is 0 Å². The lowest BCUT2D eigenvalue weighted by Gasteiger charge is -2.46. The standard InChI is InChI=1S/C11H26N5/c1-16(8-2-12)9-5-14-11(10-16)15-6-3-13-4-7-15/h11,13-14H,2-10,12H2,1H3/q+1. The van der Waals surface area contributed by atoms with Crippen LogP contribution < -0.4 is 16.4 Å². The van der Waals surface area contributed by atoms with E-state index in [4.69, 9.17) is 5.73 Å². The maximum absolute atomic E-state index is 5.71. The predicted octanol–water partition coefficient (Wildman–Crippen LogP) is -1.77. The zero-order valence-corrected chi connectivity index (χ0v) is 10.4. The highest BCUT2D eigenvalue weighted by molar-refractivity contribution is 4.77. The Hall–Kier alpha value is -0.200. The minimum absolute atomic E-state index is 0.549. The molecular weight excluding hydrogens is 202 g/mol. The molecule has 0 aromatic carbocycles. The van der Waals surface area contributed by atoms with E-state index >= 15 is 0 Å². The smallest absolute Gasteiger partial charge is 0.111 e. The number of piperazine rings is 2. The number of rotatable bonds is 3. The van der Waals surface area contributed by atoms with Crippen LogP contribution in [0.15, 0.2) is 0 Å². The number of nitrogens with two attached hydrogens (primary N) is 1. The highest BCUT2D eigenvalue weighted by atomic mass is 15.4. The Kier molecular flexibility index (Phi) is 4.16. The second-order valence-electron chi connectivity index (χ2n) is 5.29. The van der Waals surface area contributed by atoms with Gasteiger partial charge in [0.2, 0.25) is 0 Å². The predicted molar refractivity (Wildman–Crippen MR) is 66.1 cm³/mol. The van der Waals surface area contributed by atoms with Gasteiger partial charge in [-0.2, -0.15) is 0 Å². The lowest BCUT2D eigenvalue weighted by Crippen LogP contribution is -2.67. The molecular formula is C11H26N5+. The van der Waals surface area contributed by atoms with Gasteiger partial charge in [0.1, 0.15) is 12.7 Å². The summed E-state index contributed by atoms with van der Waals surface area (Å²) in [5.74, 6) is 0. The zero-order valence-electron chi connectivity index (χ0n) is 10.4. The van der Waals surface area contributed by atoms with Crippen molar-refractivity contribution in [1.82, 2.24) is 15.5 Å². The SMILES string of the molecule is C[N+]1(CCN)CCNC(N2CCNCC2)C1. The van der Waals surface area contributed by atoms with Gasteiger partial charge in [-0.15, -0.1) is 0 Å². The number of nitrogens with one attached hydrogen (secondary N) is 2. The van der Waals surface area contributed by atoms with Crippen LogP contribution in [0.1, 0.15) is 0 Å². The van der Waals surface area contributed by atoms with Crippen molar-refractivity contribution in [3.63, 3.8) is 0 Å². The monoisotopic (exact) mass is 228 g/mol. The summed E-state index contributed by atoms with van der Waals surface area (Å²) in [5, 5.41) is 7.05. The van der Waals surface area contributed by atoms with Crippen molar-refractivity contribution in [3.05, 3.63) is 0 Å². The molecule has 2 heterocycles. The lowest BCUT2D eigenvalue weighted by molar-refractivity contribution is -0.913. The van der Waals surface area contributed by atoms with Gasteiger partial charge in [0, 0.05) is 39.3 Å². The molecule has 16 heavy (non-hydrogen) atoms. The molecule has 2 aliphatic heterocycles. The first-order valence-electron chi connectivity index (χ1n) is 6.45. The molecule has 4 N–H and O–H groups in total. The van der Waals surface area contributed by atoms with Crippen LogP contribution in [0.2, 0.25) is 0 Å². The molecule has 5 nitrogen and oxygen atoms in total. The van der Waals surface area contributed by atoms with E-state index in [-0.39, 0.29) is 0 Å². The van der Waals surface area contributed by atoms with E-state index in [9.17, 15) is 0 Å².